The van der Waals surface area contributed by atoms with Crippen LogP contribution in [0.2, 0.25) is 0 Å². The number of carbonyl (C=O) groups excluding carboxylic acids is 1. The highest BCUT2D eigenvalue weighted by Gasteiger charge is 2.30. The zero-order chi connectivity index (χ0) is 17.7. The molecule has 1 aliphatic heterocycles. The van der Waals surface area contributed by atoms with Crippen LogP contribution in [-0.4, -0.2) is 63.7 Å². The van der Waals surface area contributed by atoms with Gasteiger partial charge in [0.1, 0.15) is 0 Å². The first-order chi connectivity index (χ1) is 11.3. The molecule has 1 amide bonds. The lowest BCUT2D eigenvalue weighted by molar-refractivity contribution is -0.154. The summed E-state index contributed by atoms with van der Waals surface area (Å²) in [7, 11) is 0. The number of nitrogens with zero attached hydrogens (tertiary/aromatic N) is 2. The molecule has 0 radical (unpaired) electrons. The van der Waals surface area contributed by atoms with E-state index in [2.05, 4.69) is 9.72 Å². The normalized spacial score (nSPS) is 18.3. The van der Waals surface area contributed by atoms with Gasteiger partial charge in [-0.1, -0.05) is 0 Å². The van der Waals surface area contributed by atoms with Crippen molar-refractivity contribution >= 4 is 23.6 Å². The van der Waals surface area contributed by atoms with Gasteiger partial charge in [0.15, 0.2) is 6.61 Å². The maximum atomic E-state index is 12.5. The summed E-state index contributed by atoms with van der Waals surface area (Å²) in [5.41, 5.74) is 0.177. The summed E-state index contributed by atoms with van der Waals surface area (Å²) in [6, 6.07) is 2.08. The molecular formula is C14H15F3N2O4S. The Labute approximate surface area is 140 Å². The summed E-state index contributed by atoms with van der Waals surface area (Å²) in [5.74, 6) is -0.397. The van der Waals surface area contributed by atoms with Crippen molar-refractivity contribution in [2.45, 2.75) is 18.6 Å². The first-order valence-corrected chi connectivity index (χ1v) is 8.18. The molecular weight excluding hydrogens is 349 g/mol. The van der Waals surface area contributed by atoms with Crippen molar-refractivity contribution < 1.29 is 32.6 Å². The molecule has 1 aromatic heterocycles. The van der Waals surface area contributed by atoms with E-state index in [1.54, 1.807) is 11.8 Å². The van der Waals surface area contributed by atoms with Crippen LogP contribution in [0.5, 0.6) is 5.88 Å². The SMILES string of the molecule is O=C(O)CC1CSCCN1C(=O)c1ccc(OCC(F)(F)F)nc1. The smallest absolute Gasteiger partial charge is 0.422 e. The highest BCUT2D eigenvalue weighted by molar-refractivity contribution is 7.99. The van der Waals surface area contributed by atoms with E-state index in [9.17, 15) is 22.8 Å². The lowest BCUT2D eigenvalue weighted by Gasteiger charge is -2.34. The Kier molecular flexibility index (Phi) is 5.92. The van der Waals surface area contributed by atoms with Gasteiger partial charge >= 0.3 is 12.1 Å². The van der Waals surface area contributed by atoms with Gasteiger partial charge in [-0.2, -0.15) is 24.9 Å². The predicted octanol–water partition coefficient (Wildman–Crippen LogP) is 2.06. The summed E-state index contributed by atoms with van der Waals surface area (Å²) >= 11 is 1.57. The summed E-state index contributed by atoms with van der Waals surface area (Å²) in [4.78, 5) is 28.5. The average molecular weight is 364 g/mol. The molecule has 6 nitrogen and oxygen atoms in total. The molecule has 0 spiro atoms. The van der Waals surface area contributed by atoms with Crippen molar-refractivity contribution in [1.29, 1.82) is 0 Å². The number of carboxylic acids is 1. The van der Waals surface area contributed by atoms with E-state index in [1.165, 1.54) is 17.0 Å². The number of ether oxygens (including phenoxy) is 1. The molecule has 1 fully saturated rings. The second-order valence-corrected chi connectivity index (χ2v) is 6.26. The van der Waals surface area contributed by atoms with Gasteiger partial charge < -0.3 is 14.7 Å². The fourth-order valence-corrected chi connectivity index (χ4v) is 3.27. The number of aromatic nitrogens is 1. The van der Waals surface area contributed by atoms with Crippen LogP contribution >= 0.6 is 11.8 Å². The van der Waals surface area contributed by atoms with E-state index in [0.717, 1.165) is 6.20 Å². The lowest BCUT2D eigenvalue weighted by Crippen LogP contribution is -2.47. The molecule has 0 bridgehead atoms. The number of rotatable bonds is 5. The number of aliphatic carboxylic acids is 1. The third kappa shape index (κ3) is 5.29. The van der Waals surface area contributed by atoms with Crippen molar-refractivity contribution in [3.05, 3.63) is 23.9 Å². The number of halogens is 3. The van der Waals surface area contributed by atoms with Crippen LogP contribution in [0.3, 0.4) is 0 Å². The quantitative estimate of drug-likeness (QED) is 0.862. The number of pyridine rings is 1. The second kappa shape index (κ2) is 7.73. The number of amides is 1. The van der Waals surface area contributed by atoms with Gasteiger partial charge in [-0.05, 0) is 6.07 Å². The third-order valence-corrected chi connectivity index (χ3v) is 4.36. The summed E-state index contributed by atoms with van der Waals surface area (Å²) in [6.07, 6.45) is -3.49. The van der Waals surface area contributed by atoms with Crippen LogP contribution in [0.25, 0.3) is 0 Å². The van der Waals surface area contributed by atoms with Crippen LogP contribution in [0.15, 0.2) is 18.3 Å². The van der Waals surface area contributed by atoms with Gasteiger partial charge in [0, 0.05) is 30.3 Å². The van der Waals surface area contributed by atoms with Crippen LogP contribution < -0.4 is 4.74 Å². The molecule has 1 aromatic rings. The molecule has 1 unspecified atom stereocenters. The Morgan fingerprint density at radius 3 is 2.75 bits per heavy atom. The number of alkyl halides is 3. The number of carboxylic acid groups (broad SMARTS) is 1. The van der Waals surface area contributed by atoms with E-state index in [1.807, 2.05) is 0 Å². The van der Waals surface area contributed by atoms with E-state index >= 15 is 0 Å². The maximum Gasteiger partial charge on any atom is 0.422 e. The average Bonchev–Trinajstić information content (AvgIpc) is 2.52. The minimum Gasteiger partial charge on any atom is -0.481 e. The lowest BCUT2D eigenvalue weighted by atomic mass is 10.1. The molecule has 132 valence electrons. The van der Waals surface area contributed by atoms with Crippen molar-refractivity contribution in [2.24, 2.45) is 0 Å². The Balaban J connectivity index is 2.04. The van der Waals surface area contributed by atoms with E-state index in [4.69, 9.17) is 5.11 Å². The highest BCUT2D eigenvalue weighted by atomic mass is 32.2. The van der Waals surface area contributed by atoms with Crippen molar-refractivity contribution in [2.75, 3.05) is 24.7 Å². The Morgan fingerprint density at radius 1 is 1.42 bits per heavy atom. The topological polar surface area (TPSA) is 79.7 Å². The molecule has 1 saturated heterocycles. The number of hydrogen-bond acceptors (Lipinski definition) is 5. The zero-order valence-electron chi connectivity index (χ0n) is 12.5. The fraction of sp³-hybridized carbons (Fsp3) is 0.500. The molecule has 0 saturated carbocycles. The fourth-order valence-electron chi connectivity index (χ4n) is 2.21. The van der Waals surface area contributed by atoms with Crippen LogP contribution in [0.4, 0.5) is 13.2 Å². The second-order valence-electron chi connectivity index (χ2n) is 5.11. The minimum atomic E-state index is -4.47. The molecule has 0 aromatic carbocycles. The summed E-state index contributed by atoms with van der Waals surface area (Å²) in [5, 5.41) is 8.93. The maximum absolute atomic E-state index is 12.5. The Morgan fingerprint density at radius 2 is 2.17 bits per heavy atom. The van der Waals surface area contributed by atoms with Gasteiger partial charge in [0.05, 0.1) is 18.0 Å². The number of carbonyl (C=O) groups is 2. The zero-order valence-corrected chi connectivity index (χ0v) is 13.3. The molecule has 0 aliphatic carbocycles. The Hall–Kier alpha value is -1.97. The molecule has 1 N–H and O–H groups in total. The van der Waals surface area contributed by atoms with Gasteiger partial charge in [0.25, 0.3) is 5.91 Å². The standard InChI is InChI=1S/C14H15F3N2O4S/c15-14(16,17)8-23-11-2-1-9(6-18-11)13(22)19-3-4-24-7-10(19)5-12(20)21/h1-2,6,10H,3-5,7-8H2,(H,20,21). The van der Waals surface area contributed by atoms with Crippen LogP contribution in [0, 0.1) is 0 Å². The van der Waals surface area contributed by atoms with Gasteiger partial charge in [-0.3, -0.25) is 9.59 Å². The van der Waals surface area contributed by atoms with Crippen LogP contribution in [0.1, 0.15) is 16.8 Å². The molecule has 1 aliphatic rings. The van der Waals surface area contributed by atoms with Crippen molar-refractivity contribution in [3.8, 4) is 5.88 Å². The molecule has 10 heteroatoms. The molecule has 1 atom stereocenters. The third-order valence-electron chi connectivity index (χ3n) is 3.27. The van der Waals surface area contributed by atoms with E-state index < -0.39 is 30.7 Å². The monoisotopic (exact) mass is 364 g/mol. The van der Waals surface area contributed by atoms with Crippen LogP contribution in [-0.2, 0) is 4.79 Å². The van der Waals surface area contributed by atoms with Gasteiger partial charge in [-0.15, -0.1) is 0 Å². The summed E-state index contributed by atoms with van der Waals surface area (Å²) < 4.78 is 40.7. The van der Waals surface area contributed by atoms with Gasteiger partial charge in [-0.25, -0.2) is 4.98 Å². The predicted molar refractivity (Wildman–Crippen MR) is 80.2 cm³/mol. The summed E-state index contributed by atoms with van der Waals surface area (Å²) in [6.45, 7) is -1.05. The molecule has 2 rings (SSSR count). The van der Waals surface area contributed by atoms with E-state index in [0.29, 0.717) is 18.1 Å². The van der Waals surface area contributed by atoms with E-state index in [-0.39, 0.29) is 17.9 Å². The first kappa shape index (κ1) is 18.4. The largest absolute Gasteiger partial charge is 0.481 e. The number of hydrogen-bond donors (Lipinski definition) is 1. The van der Waals surface area contributed by atoms with Gasteiger partial charge in [0.2, 0.25) is 5.88 Å². The molecule has 24 heavy (non-hydrogen) atoms. The number of thioether (sulfide) groups is 1. The molecule has 2 heterocycles. The minimum absolute atomic E-state index is 0.154. The van der Waals surface area contributed by atoms with Crippen molar-refractivity contribution in [1.82, 2.24) is 9.88 Å². The Bertz CT molecular complexity index is 595. The highest BCUT2D eigenvalue weighted by Crippen LogP contribution is 2.22. The van der Waals surface area contributed by atoms with Crippen molar-refractivity contribution in [3.63, 3.8) is 0 Å². The first-order valence-electron chi connectivity index (χ1n) is 7.02.